The Labute approximate surface area is 101 Å². The van der Waals surface area contributed by atoms with Crippen molar-refractivity contribution in [1.29, 1.82) is 0 Å². The predicted molar refractivity (Wildman–Crippen MR) is 62.1 cm³/mol. The number of nitrogens with one attached hydrogen (secondary N) is 3. The number of aromatic nitrogens is 4. The summed E-state index contributed by atoms with van der Waals surface area (Å²) in [4.78, 5) is 39.8. The Morgan fingerprint density at radius 3 is 2.78 bits per heavy atom. The summed E-state index contributed by atoms with van der Waals surface area (Å²) in [6.07, 6.45) is 3.24. The molecule has 0 atom stereocenters. The van der Waals surface area contributed by atoms with Crippen molar-refractivity contribution >= 4 is 5.91 Å². The first-order valence-electron chi connectivity index (χ1n) is 5.13. The Kier molecular flexibility index (Phi) is 3.09. The lowest BCUT2D eigenvalue weighted by molar-refractivity contribution is 0.0778. The number of hydrogen-bond donors (Lipinski definition) is 3. The van der Waals surface area contributed by atoms with Crippen molar-refractivity contribution in [3.8, 4) is 0 Å². The first-order valence-corrected chi connectivity index (χ1v) is 5.13. The molecule has 0 radical (unpaired) electrons. The highest BCUT2D eigenvalue weighted by molar-refractivity contribution is 5.91. The average Bonchev–Trinajstić information content (AvgIpc) is 2.79. The van der Waals surface area contributed by atoms with Gasteiger partial charge in [0.05, 0.1) is 6.20 Å². The molecule has 8 nitrogen and oxygen atoms in total. The van der Waals surface area contributed by atoms with Crippen molar-refractivity contribution in [2.45, 2.75) is 6.54 Å². The smallest absolute Gasteiger partial charge is 0.326 e. The summed E-state index contributed by atoms with van der Waals surface area (Å²) in [5.74, 6) is -0.445. The van der Waals surface area contributed by atoms with Crippen LogP contribution in [0, 0.1) is 0 Å². The van der Waals surface area contributed by atoms with E-state index in [1.807, 2.05) is 4.98 Å². The number of aromatic amines is 3. The first-order chi connectivity index (χ1) is 8.56. The monoisotopic (exact) mass is 249 g/mol. The molecule has 94 valence electrons. The molecule has 2 rings (SSSR count). The quantitative estimate of drug-likeness (QED) is 0.651. The second-order valence-corrected chi connectivity index (χ2v) is 3.77. The zero-order valence-electron chi connectivity index (χ0n) is 9.56. The minimum absolute atomic E-state index is 0.0465. The number of carbonyl (C=O) groups is 1. The molecule has 0 aromatic carbocycles. The molecule has 0 spiro atoms. The maximum absolute atomic E-state index is 11.9. The molecule has 2 aromatic heterocycles. The molecule has 0 saturated heterocycles. The zero-order chi connectivity index (χ0) is 13.1. The number of amides is 1. The fourth-order valence-electron chi connectivity index (χ4n) is 1.50. The molecule has 0 bridgehead atoms. The molecule has 0 unspecified atom stereocenters. The number of rotatable bonds is 3. The summed E-state index contributed by atoms with van der Waals surface area (Å²) in [6.45, 7) is 0.324. The molecule has 2 aromatic rings. The van der Waals surface area contributed by atoms with E-state index in [0.717, 1.165) is 11.6 Å². The van der Waals surface area contributed by atoms with Crippen LogP contribution in [0.5, 0.6) is 0 Å². The van der Waals surface area contributed by atoms with Crippen molar-refractivity contribution in [3.05, 3.63) is 50.6 Å². The normalized spacial score (nSPS) is 10.3. The third kappa shape index (κ3) is 2.54. The van der Waals surface area contributed by atoms with Gasteiger partial charge in [0.25, 0.3) is 11.5 Å². The largest absolute Gasteiger partial charge is 0.336 e. The Morgan fingerprint density at radius 1 is 1.39 bits per heavy atom. The van der Waals surface area contributed by atoms with E-state index >= 15 is 0 Å². The SMILES string of the molecule is CN(Cc1cn[nH]c1)C(=O)c1cc(=O)[nH]c(=O)[nH]1. The van der Waals surface area contributed by atoms with Gasteiger partial charge in [-0.1, -0.05) is 0 Å². The second-order valence-electron chi connectivity index (χ2n) is 3.77. The molecule has 0 aliphatic rings. The first kappa shape index (κ1) is 11.8. The van der Waals surface area contributed by atoms with Gasteiger partial charge in [-0.25, -0.2) is 4.79 Å². The van der Waals surface area contributed by atoms with E-state index < -0.39 is 17.2 Å². The van der Waals surface area contributed by atoms with Crippen LogP contribution in [-0.2, 0) is 6.54 Å². The van der Waals surface area contributed by atoms with Gasteiger partial charge in [0.2, 0.25) is 0 Å². The second kappa shape index (κ2) is 4.70. The molecule has 0 aliphatic heterocycles. The highest BCUT2D eigenvalue weighted by atomic mass is 16.2. The molecule has 3 N–H and O–H groups in total. The van der Waals surface area contributed by atoms with E-state index in [2.05, 4.69) is 15.2 Å². The maximum Gasteiger partial charge on any atom is 0.326 e. The Bertz CT molecular complexity index is 626. The highest BCUT2D eigenvalue weighted by Crippen LogP contribution is 2.02. The van der Waals surface area contributed by atoms with Crippen LogP contribution in [-0.4, -0.2) is 38.0 Å². The van der Waals surface area contributed by atoms with Gasteiger partial charge in [-0.2, -0.15) is 5.10 Å². The van der Waals surface area contributed by atoms with E-state index in [-0.39, 0.29) is 5.69 Å². The molecular weight excluding hydrogens is 238 g/mol. The van der Waals surface area contributed by atoms with E-state index in [9.17, 15) is 14.4 Å². The summed E-state index contributed by atoms with van der Waals surface area (Å²) in [6, 6.07) is 1.05. The standard InChI is InChI=1S/C10H11N5O3/c1-15(5-6-3-11-12-4-6)9(17)7-2-8(16)14-10(18)13-7/h2-4H,5H2,1H3,(H,11,12)(H2,13,14,16,18). The van der Waals surface area contributed by atoms with E-state index in [0.29, 0.717) is 6.54 Å². The van der Waals surface area contributed by atoms with Crippen LogP contribution in [0.4, 0.5) is 0 Å². The van der Waals surface area contributed by atoms with Crippen molar-refractivity contribution in [3.63, 3.8) is 0 Å². The summed E-state index contributed by atoms with van der Waals surface area (Å²) < 4.78 is 0. The van der Waals surface area contributed by atoms with Crippen LogP contribution in [0.3, 0.4) is 0 Å². The predicted octanol–water partition coefficient (Wildman–Crippen LogP) is -0.941. The molecule has 0 fully saturated rings. The molecule has 1 amide bonds. The van der Waals surface area contributed by atoms with Gasteiger partial charge in [0.1, 0.15) is 5.69 Å². The van der Waals surface area contributed by atoms with Crippen LogP contribution in [0.15, 0.2) is 28.0 Å². The number of hydrogen-bond acceptors (Lipinski definition) is 4. The van der Waals surface area contributed by atoms with Gasteiger partial charge < -0.3 is 9.88 Å². The lowest BCUT2D eigenvalue weighted by Crippen LogP contribution is -2.32. The highest BCUT2D eigenvalue weighted by Gasteiger charge is 2.14. The van der Waals surface area contributed by atoms with Crippen molar-refractivity contribution < 1.29 is 4.79 Å². The van der Waals surface area contributed by atoms with Crippen LogP contribution in [0.1, 0.15) is 16.1 Å². The van der Waals surface area contributed by atoms with Crippen LogP contribution in [0.25, 0.3) is 0 Å². The Balaban J connectivity index is 2.20. The van der Waals surface area contributed by atoms with Gasteiger partial charge in [0.15, 0.2) is 0 Å². The van der Waals surface area contributed by atoms with Crippen LogP contribution >= 0.6 is 0 Å². The van der Waals surface area contributed by atoms with E-state index in [1.165, 1.54) is 4.90 Å². The minimum Gasteiger partial charge on any atom is -0.336 e. The Hall–Kier alpha value is -2.64. The van der Waals surface area contributed by atoms with Gasteiger partial charge in [-0.3, -0.25) is 19.7 Å². The zero-order valence-corrected chi connectivity index (χ0v) is 9.56. The lowest BCUT2D eigenvalue weighted by Gasteiger charge is -2.15. The van der Waals surface area contributed by atoms with Crippen molar-refractivity contribution in [1.82, 2.24) is 25.1 Å². The van der Waals surface area contributed by atoms with Gasteiger partial charge >= 0.3 is 5.69 Å². The molecule has 8 heteroatoms. The number of H-pyrrole nitrogens is 3. The van der Waals surface area contributed by atoms with Gasteiger partial charge in [0, 0.05) is 31.4 Å². The van der Waals surface area contributed by atoms with E-state index in [4.69, 9.17) is 0 Å². The average molecular weight is 249 g/mol. The summed E-state index contributed by atoms with van der Waals surface area (Å²) in [5.41, 5.74) is -0.547. The minimum atomic E-state index is -0.706. The summed E-state index contributed by atoms with van der Waals surface area (Å²) in [5, 5.41) is 6.39. The maximum atomic E-state index is 11.9. The fraction of sp³-hybridized carbons (Fsp3) is 0.200. The Morgan fingerprint density at radius 2 is 2.17 bits per heavy atom. The third-order valence-corrected chi connectivity index (χ3v) is 2.31. The molecule has 0 aliphatic carbocycles. The topological polar surface area (TPSA) is 115 Å². The van der Waals surface area contributed by atoms with Crippen molar-refractivity contribution in [2.24, 2.45) is 0 Å². The lowest BCUT2D eigenvalue weighted by atomic mass is 10.3. The van der Waals surface area contributed by atoms with Gasteiger partial charge in [-0.15, -0.1) is 0 Å². The van der Waals surface area contributed by atoms with Crippen LogP contribution < -0.4 is 11.2 Å². The van der Waals surface area contributed by atoms with Crippen LogP contribution in [0.2, 0.25) is 0 Å². The van der Waals surface area contributed by atoms with E-state index in [1.54, 1.807) is 19.4 Å². The summed E-state index contributed by atoms with van der Waals surface area (Å²) >= 11 is 0. The van der Waals surface area contributed by atoms with Crippen molar-refractivity contribution in [2.75, 3.05) is 7.05 Å². The molecule has 18 heavy (non-hydrogen) atoms. The third-order valence-electron chi connectivity index (χ3n) is 2.31. The fourth-order valence-corrected chi connectivity index (χ4v) is 1.50. The number of nitrogens with zero attached hydrogens (tertiary/aromatic N) is 2. The molecular formula is C10H11N5O3. The molecule has 2 heterocycles. The molecule has 0 saturated carbocycles. The number of carbonyl (C=O) groups excluding carboxylic acids is 1. The van der Waals surface area contributed by atoms with Gasteiger partial charge in [-0.05, 0) is 0 Å². The summed E-state index contributed by atoms with van der Waals surface area (Å²) in [7, 11) is 1.56.